The fraction of sp³-hybridized carbons (Fsp3) is 0.161. The molecule has 0 saturated heterocycles. The third-order valence-corrected chi connectivity index (χ3v) is 13.5. The molecular formula is C56H50IrN4OSi-2. The van der Waals surface area contributed by atoms with Crippen molar-refractivity contribution >= 4 is 46.4 Å². The Hall–Kier alpha value is -6.24. The quantitative estimate of drug-likeness (QED) is 0.112. The van der Waals surface area contributed by atoms with Gasteiger partial charge >= 0.3 is 0 Å². The molecule has 315 valence electrons. The van der Waals surface area contributed by atoms with Crippen LogP contribution in [0.5, 0.6) is 0 Å². The number of furan rings is 1. The smallest absolute Gasteiger partial charge is 0.216 e. The van der Waals surface area contributed by atoms with Gasteiger partial charge in [-0.1, -0.05) is 143 Å². The second kappa shape index (κ2) is 18.2. The van der Waals surface area contributed by atoms with Crippen LogP contribution in [-0.2, 0) is 20.1 Å². The first-order valence-corrected chi connectivity index (χ1v) is 25.0. The fourth-order valence-electron chi connectivity index (χ4n) is 8.14. The molecule has 6 aromatic carbocycles. The van der Waals surface area contributed by atoms with Crippen LogP contribution in [0.4, 0.5) is 0 Å². The second-order valence-corrected chi connectivity index (χ2v) is 22.6. The SMILES string of the molecule is CC(C)c1cc(-c2ccccc2)cc(C(C)C)c1-n1c(-c2[c-]ccc3c2oc2nc(-c4ccccc4)ccc23)nc2ccccc21.C[Si](C)(C)c1ccc(-c2[c-]cccc2)nc1.[Ir]. The summed E-state index contributed by atoms with van der Waals surface area (Å²) in [5.74, 6) is 1.36. The van der Waals surface area contributed by atoms with Crippen LogP contribution in [0.2, 0.25) is 19.6 Å². The first-order chi connectivity index (χ1) is 30.0. The van der Waals surface area contributed by atoms with E-state index in [4.69, 9.17) is 14.4 Å². The maximum absolute atomic E-state index is 6.62. The number of hydrogen-bond acceptors (Lipinski definition) is 4. The molecule has 0 N–H and O–H groups in total. The van der Waals surface area contributed by atoms with Gasteiger partial charge in [0.15, 0.2) is 0 Å². The molecule has 4 heterocycles. The van der Waals surface area contributed by atoms with Gasteiger partial charge in [-0.05, 0) is 81.4 Å². The van der Waals surface area contributed by atoms with E-state index >= 15 is 0 Å². The van der Waals surface area contributed by atoms with Crippen LogP contribution in [0.3, 0.4) is 0 Å². The summed E-state index contributed by atoms with van der Waals surface area (Å²) in [6.07, 6.45) is 2.02. The second-order valence-electron chi connectivity index (χ2n) is 17.5. The monoisotopic (exact) mass is 1020 g/mol. The van der Waals surface area contributed by atoms with Crippen molar-refractivity contribution in [3.8, 4) is 50.7 Å². The Morgan fingerprint density at radius 3 is 1.87 bits per heavy atom. The molecule has 63 heavy (non-hydrogen) atoms. The number of imidazole rings is 1. The minimum Gasteiger partial charge on any atom is -0.486 e. The number of fused-ring (bicyclic) bond motifs is 4. The van der Waals surface area contributed by atoms with Crippen molar-refractivity contribution in [2.75, 3.05) is 0 Å². The van der Waals surface area contributed by atoms with Gasteiger partial charge in [0, 0.05) is 42.9 Å². The average Bonchev–Trinajstić information content (AvgIpc) is 3.88. The normalized spacial score (nSPS) is 11.6. The Bertz CT molecular complexity index is 3120. The molecule has 0 saturated carbocycles. The Morgan fingerprint density at radius 2 is 1.24 bits per heavy atom. The topological polar surface area (TPSA) is 56.7 Å². The fourth-order valence-corrected chi connectivity index (χ4v) is 9.18. The summed E-state index contributed by atoms with van der Waals surface area (Å²) < 4.78 is 8.97. The molecule has 0 aliphatic rings. The first kappa shape index (κ1) is 43.4. The van der Waals surface area contributed by atoms with Crippen LogP contribution < -0.4 is 5.19 Å². The number of hydrogen-bond donors (Lipinski definition) is 0. The van der Waals surface area contributed by atoms with E-state index in [0.717, 1.165) is 61.3 Å². The third kappa shape index (κ3) is 8.74. The van der Waals surface area contributed by atoms with Crippen molar-refractivity contribution in [1.82, 2.24) is 19.5 Å². The molecule has 4 aromatic heterocycles. The summed E-state index contributed by atoms with van der Waals surface area (Å²) in [7, 11) is -1.23. The van der Waals surface area contributed by atoms with Crippen LogP contribution in [0.1, 0.15) is 50.7 Å². The van der Waals surface area contributed by atoms with Crippen molar-refractivity contribution in [1.29, 1.82) is 0 Å². The summed E-state index contributed by atoms with van der Waals surface area (Å²) in [6.45, 7) is 16.1. The molecular weight excluding hydrogens is 965 g/mol. The van der Waals surface area contributed by atoms with Crippen LogP contribution in [0, 0.1) is 12.1 Å². The molecule has 0 atom stereocenters. The molecule has 1 radical (unpaired) electrons. The largest absolute Gasteiger partial charge is 0.486 e. The predicted molar refractivity (Wildman–Crippen MR) is 261 cm³/mol. The van der Waals surface area contributed by atoms with E-state index < -0.39 is 8.07 Å². The van der Waals surface area contributed by atoms with E-state index in [1.165, 1.54) is 33.1 Å². The van der Waals surface area contributed by atoms with E-state index in [0.29, 0.717) is 5.71 Å². The average molecular weight is 1020 g/mol. The molecule has 0 unspecified atom stereocenters. The van der Waals surface area contributed by atoms with Crippen molar-refractivity contribution < 1.29 is 24.5 Å². The minimum atomic E-state index is -1.23. The van der Waals surface area contributed by atoms with Crippen LogP contribution in [-0.4, -0.2) is 27.6 Å². The van der Waals surface area contributed by atoms with Crippen molar-refractivity contribution in [3.63, 3.8) is 0 Å². The van der Waals surface area contributed by atoms with Crippen molar-refractivity contribution in [2.24, 2.45) is 0 Å². The maximum Gasteiger partial charge on any atom is 0.216 e. The predicted octanol–water partition coefficient (Wildman–Crippen LogP) is 14.5. The first-order valence-electron chi connectivity index (χ1n) is 21.5. The van der Waals surface area contributed by atoms with Crippen molar-refractivity contribution in [2.45, 2.75) is 59.2 Å². The van der Waals surface area contributed by atoms with E-state index in [2.05, 4.69) is 178 Å². The Kier molecular flexibility index (Phi) is 12.6. The standard InChI is InChI=1S/C42H34N3O.C14H16NSi.Ir/c1-26(2)34-24-30(28-14-7-5-8-15-28)25-35(27(3)4)39(34)45-38-21-12-11-20-37(38)43-41(45)33-19-13-18-31-32-22-23-36(29-16-9-6-10-17-29)44-42(32)46-40(31)33;1-16(2,3)13-9-10-14(15-11-13)12-7-5-4-6-8-12;/h5-18,20-27H,1-4H3;4-7,9-11H,1-3H3;/q2*-1;. The summed E-state index contributed by atoms with van der Waals surface area (Å²) in [6, 6.07) is 61.2. The Balaban J connectivity index is 0.000000271. The maximum atomic E-state index is 6.62. The molecule has 0 fully saturated rings. The van der Waals surface area contributed by atoms with Gasteiger partial charge in [-0.25, -0.2) is 4.98 Å². The number of rotatable bonds is 8. The Labute approximate surface area is 385 Å². The molecule has 0 amide bonds. The number of aromatic nitrogens is 4. The van der Waals surface area contributed by atoms with Gasteiger partial charge in [-0.15, -0.1) is 54.1 Å². The van der Waals surface area contributed by atoms with Gasteiger partial charge in [-0.3, -0.25) is 4.98 Å². The molecule has 0 spiro atoms. The van der Waals surface area contributed by atoms with Gasteiger partial charge < -0.3 is 14.0 Å². The van der Waals surface area contributed by atoms with Crippen LogP contribution in [0.15, 0.2) is 168 Å². The van der Waals surface area contributed by atoms with Crippen LogP contribution >= 0.6 is 0 Å². The number of pyridine rings is 2. The van der Waals surface area contributed by atoms with Gasteiger partial charge in [-0.2, -0.15) is 0 Å². The van der Waals surface area contributed by atoms with E-state index in [9.17, 15) is 0 Å². The van der Waals surface area contributed by atoms with Crippen molar-refractivity contribution in [3.05, 3.63) is 187 Å². The van der Waals surface area contributed by atoms with Gasteiger partial charge in [0.1, 0.15) is 0 Å². The Morgan fingerprint density at radius 1 is 0.587 bits per heavy atom. The summed E-state index contributed by atoms with van der Waals surface area (Å²) in [4.78, 5) is 14.7. The summed E-state index contributed by atoms with van der Waals surface area (Å²) in [5.41, 5.74) is 14.3. The molecule has 0 aliphatic heterocycles. The molecule has 5 nitrogen and oxygen atoms in total. The summed E-state index contributed by atoms with van der Waals surface area (Å²) in [5, 5.41) is 3.37. The van der Waals surface area contributed by atoms with Crippen LogP contribution in [0.25, 0.3) is 83.8 Å². The molecule has 0 aliphatic carbocycles. The zero-order chi connectivity index (χ0) is 43.0. The minimum absolute atomic E-state index is 0. The van der Waals surface area contributed by atoms with Gasteiger partial charge in [0.05, 0.1) is 36.2 Å². The molecule has 0 bridgehead atoms. The van der Waals surface area contributed by atoms with E-state index in [-0.39, 0.29) is 31.9 Å². The number of para-hydroxylation sites is 2. The number of nitrogens with zero attached hydrogens (tertiary/aromatic N) is 4. The molecule has 7 heteroatoms. The third-order valence-electron chi connectivity index (χ3n) is 11.5. The molecule has 10 rings (SSSR count). The van der Waals surface area contributed by atoms with Gasteiger partial charge in [0.25, 0.3) is 0 Å². The zero-order valence-electron chi connectivity index (χ0n) is 36.8. The number of benzene rings is 6. The van der Waals surface area contributed by atoms with E-state index in [1.54, 1.807) is 0 Å². The zero-order valence-corrected chi connectivity index (χ0v) is 40.2. The molecule has 10 aromatic rings. The summed E-state index contributed by atoms with van der Waals surface area (Å²) >= 11 is 0. The van der Waals surface area contributed by atoms with Gasteiger partial charge in [0.2, 0.25) is 5.71 Å². The van der Waals surface area contributed by atoms with E-state index in [1.807, 2.05) is 54.7 Å².